The van der Waals surface area contributed by atoms with Crippen molar-refractivity contribution < 1.29 is 4.79 Å². The maximum atomic E-state index is 13.6. The van der Waals surface area contributed by atoms with Crippen molar-refractivity contribution in [1.82, 2.24) is 23.7 Å². The van der Waals surface area contributed by atoms with Crippen LogP contribution in [0, 0.1) is 6.92 Å². The molecule has 8 rings (SSSR count). The molecule has 3 saturated heterocycles. The summed E-state index contributed by atoms with van der Waals surface area (Å²) in [7, 11) is 0. The molecule has 1 unspecified atom stereocenters. The highest BCUT2D eigenvalue weighted by Gasteiger charge is 2.44. The number of aryl methyl sites for hydroxylation is 1. The summed E-state index contributed by atoms with van der Waals surface area (Å²) in [5.41, 5.74) is 4.44. The monoisotopic (exact) mass is 605 g/mol. The Hall–Kier alpha value is -3.75. The third-order valence-corrected chi connectivity index (χ3v) is 11.8. The average molecular weight is 606 g/mol. The summed E-state index contributed by atoms with van der Waals surface area (Å²) in [6.45, 7) is 4.77. The summed E-state index contributed by atoms with van der Waals surface area (Å²) in [5, 5.41) is 0.653. The number of piperidine rings is 2. The number of carbonyl (C=O) groups excluding carboxylic acids is 1. The minimum Gasteiger partial charge on any atom is -0.339 e. The van der Waals surface area contributed by atoms with Crippen molar-refractivity contribution in [3.8, 4) is 0 Å². The molecule has 1 amide bonds. The van der Waals surface area contributed by atoms with Crippen LogP contribution in [0.25, 0.3) is 21.1 Å². The van der Waals surface area contributed by atoms with Crippen molar-refractivity contribution in [3.05, 3.63) is 100 Å². The molecule has 5 heterocycles. The molecule has 3 aliphatic heterocycles. The Morgan fingerprint density at radius 2 is 1.68 bits per heavy atom. The second-order valence-electron chi connectivity index (χ2n) is 13.2. The SMILES string of the molecule is Cc1nc2ccccc2n1C1C[C@H]2CC[C@@H](C1)N2CCC1(c2ccccc2)CCN(C(=O)c2ccc3c(=O)[nH]sc3c2)CC1. The number of carbonyl (C=O) groups is 1. The third-order valence-electron chi connectivity index (χ3n) is 11.0. The Balaban J connectivity index is 0.980. The Kier molecular flexibility index (Phi) is 6.94. The van der Waals surface area contributed by atoms with Gasteiger partial charge in [-0.25, -0.2) is 4.98 Å². The van der Waals surface area contributed by atoms with Gasteiger partial charge in [-0.3, -0.25) is 18.9 Å². The fourth-order valence-corrected chi connectivity index (χ4v) is 9.44. The summed E-state index contributed by atoms with van der Waals surface area (Å²) >= 11 is 1.30. The second-order valence-corrected chi connectivity index (χ2v) is 14.0. The zero-order valence-electron chi connectivity index (χ0n) is 25.2. The lowest BCUT2D eigenvalue weighted by molar-refractivity contribution is 0.0607. The molecule has 1 N–H and O–H groups in total. The molecule has 0 radical (unpaired) electrons. The number of benzene rings is 3. The topological polar surface area (TPSA) is 74.2 Å². The van der Waals surface area contributed by atoms with E-state index >= 15 is 0 Å². The van der Waals surface area contributed by atoms with E-state index in [1.165, 1.54) is 48.3 Å². The number of hydrogen-bond acceptors (Lipinski definition) is 5. The molecule has 2 bridgehead atoms. The van der Waals surface area contributed by atoms with Crippen molar-refractivity contribution in [2.24, 2.45) is 0 Å². The van der Waals surface area contributed by atoms with Crippen molar-refractivity contribution in [1.29, 1.82) is 0 Å². The quantitative estimate of drug-likeness (QED) is 0.234. The maximum Gasteiger partial charge on any atom is 0.265 e. The van der Waals surface area contributed by atoms with Crippen LogP contribution in [0.3, 0.4) is 0 Å². The molecule has 2 aromatic heterocycles. The molecule has 44 heavy (non-hydrogen) atoms. The molecule has 5 aromatic rings. The molecular weight excluding hydrogens is 566 g/mol. The number of aromatic amines is 1. The van der Waals surface area contributed by atoms with Crippen molar-refractivity contribution in [2.75, 3.05) is 19.6 Å². The minimum absolute atomic E-state index is 0.0651. The standard InChI is InChI=1S/C36H39N5O2S/c1-24-37-31-9-5-6-10-32(31)41(24)29-22-27-12-13-28(23-29)40(27)20-17-36(26-7-3-2-4-8-26)15-18-39(19-16-36)35(43)25-11-14-30-33(21-25)44-38-34(30)42/h2-11,14,21,27-29H,12-13,15-20,22-23H2,1H3,(H,38,42)/t27-,28+,29?. The molecule has 226 valence electrons. The molecule has 7 nitrogen and oxygen atoms in total. The van der Waals surface area contributed by atoms with Crippen molar-refractivity contribution in [3.63, 3.8) is 0 Å². The lowest BCUT2D eigenvalue weighted by Gasteiger charge is -2.45. The maximum absolute atomic E-state index is 13.6. The van der Waals surface area contributed by atoms with E-state index < -0.39 is 0 Å². The van der Waals surface area contributed by atoms with E-state index in [1.807, 2.05) is 11.0 Å². The van der Waals surface area contributed by atoms with Gasteiger partial charge in [0.05, 0.1) is 21.1 Å². The van der Waals surface area contributed by atoms with Gasteiger partial charge in [-0.05, 0) is 99.7 Å². The predicted octanol–water partition coefficient (Wildman–Crippen LogP) is 6.68. The first-order valence-corrected chi connectivity index (χ1v) is 17.0. The fraction of sp³-hybridized carbons (Fsp3) is 0.417. The number of likely N-dealkylation sites (tertiary alicyclic amines) is 1. The number of hydrogen-bond donors (Lipinski definition) is 1. The van der Waals surface area contributed by atoms with Gasteiger partial charge in [0, 0.05) is 36.8 Å². The molecule has 3 fully saturated rings. The van der Waals surface area contributed by atoms with Crippen LogP contribution in [-0.2, 0) is 5.41 Å². The number of aromatic nitrogens is 3. The molecule has 0 saturated carbocycles. The molecule has 3 atom stereocenters. The Bertz CT molecular complexity index is 1870. The van der Waals surface area contributed by atoms with Crippen LogP contribution >= 0.6 is 11.5 Å². The van der Waals surface area contributed by atoms with Gasteiger partial charge >= 0.3 is 0 Å². The van der Waals surface area contributed by atoms with Crippen LogP contribution in [-0.4, -0.2) is 61.3 Å². The van der Waals surface area contributed by atoms with Gasteiger partial charge < -0.3 is 9.47 Å². The Morgan fingerprint density at radius 1 is 0.955 bits per heavy atom. The minimum atomic E-state index is -0.0855. The second kappa shape index (κ2) is 11.0. The normalized spacial score (nSPS) is 23.5. The Labute approximate surface area is 261 Å². The molecular formula is C36H39N5O2S. The first-order valence-electron chi connectivity index (χ1n) is 16.1. The summed E-state index contributed by atoms with van der Waals surface area (Å²) in [6, 6.07) is 26.8. The first-order chi connectivity index (χ1) is 21.5. The molecule has 0 aliphatic carbocycles. The van der Waals surface area contributed by atoms with E-state index in [4.69, 9.17) is 4.98 Å². The molecule has 3 aromatic carbocycles. The smallest absolute Gasteiger partial charge is 0.265 e. The van der Waals surface area contributed by atoms with E-state index in [1.54, 1.807) is 12.1 Å². The zero-order valence-corrected chi connectivity index (χ0v) is 26.1. The number of nitrogens with zero attached hydrogens (tertiary/aromatic N) is 4. The number of nitrogens with one attached hydrogen (secondary N) is 1. The summed E-state index contributed by atoms with van der Waals surface area (Å²) in [5.74, 6) is 1.20. The lowest BCUT2D eigenvalue weighted by Crippen LogP contribution is -2.49. The molecule has 3 aliphatic rings. The van der Waals surface area contributed by atoms with Crippen LogP contribution < -0.4 is 5.56 Å². The lowest BCUT2D eigenvalue weighted by atomic mass is 9.70. The number of H-pyrrole nitrogens is 1. The van der Waals surface area contributed by atoms with Gasteiger partial charge in [-0.1, -0.05) is 54.0 Å². The number of fused-ring (bicyclic) bond motifs is 4. The van der Waals surface area contributed by atoms with E-state index in [0.29, 0.717) is 29.1 Å². The van der Waals surface area contributed by atoms with Crippen LogP contribution in [0.2, 0.25) is 0 Å². The van der Waals surface area contributed by atoms with Gasteiger partial charge in [0.1, 0.15) is 5.82 Å². The van der Waals surface area contributed by atoms with Crippen molar-refractivity contribution >= 4 is 38.6 Å². The molecule has 8 heteroatoms. The zero-order chi connectivity index (χ0) is 29.8. The largest absolute Gasteiger partial charge is 0.339 e. The predicted molar refractivity (Wildman–Crippen MR) is 177 cm³/mol. The van der Waals surface area contributed by atoms with E-state index in [-0.39, 0.29) is 16.9 Å². The van der Waals surface area contributed by atoms with Crippen LogP contribution in [0.15, 0.2) is 77.6 Å². The van der Waals surface area contributed by atoms with E-state index in [0.717, 1.165) is 54.9 Å². The van der Waals surface area contributed by atoms with Gasteiger partial charge in [0.2, 0.25) is 0 Å². The highest BCUT2D eigenvalue weighted by molar-refractivity contribution is 7.13. The number of imidazole rings is 1. The fourth-order valence-electron chi connectivity index (χ4n) is 8.67. The van der Waals surface area contributed by atoms with Gasteiger partial charge in [-0.2, -0.15) is 0 Å². The summed E-state index contributed by atoms with van der Waals surface area (Å²) in [6.07, 6.45) is 8.01. The van der Waals surface area contributed by atoms with Gasteiger partial charge in [0.15, 0.2) is 0 Å². The van der Waals surface area contributed by atoms with E-state index in [2.05, 4.69) is 75.4 Å². The van der Waals surface area contributed by atoms with Gasteiger partial charge in [0.25, 0.3) is 11.5 Å². The Morgan fingerprint density at radius 3 is 2.45 bits per heavy atom. The summed E-state index contributed by atoms with van der Waals surface area (Å²) in [4.78, 5) is 35.3. The highest BCUT2D eigenvalue weighted by Crippen LogP contribution is 2.45. The number of amides is 1. The first kappa shape index (κ1) is 27.8. The van der Waals surface area contributed by atoms with Crippen LogP contribution in [0.5, 0.6) is 0 Å². The number of para-hydroxylation sites is 2. The summed E-state index contributed by atoms with van der Waals surface area (Å²) < 4.78 is 6.13. The third kappa shape index (κ3) is 4.70. The number of rotatable bonds is 6. The van der Waals surface area contributed by atoms with E-state index in [9.17, 15) is 9.59 Å². The van der Waals surface area contributed by atoms with Crippen molar-refractivity contribution in [2.45, 2.75) is 75.4 Å². The van der Waals surface area contributed by atoms with Crippen LogP contribution in [0.4, 0.5) is 0 Å². The van der Waals surface area contributed by atoms with Crippen LogP contribution in [0.1, 0.15) is 72.7 Å². The molecule has 0 spiro atoms. The van der Waals surface area contributed by atoms with Gasteiger partial charge in [-0.15, -0.1) is 0 Å². The average Bonchev–Trinajstić information content (AvgIpc) is 3.68. The highest BCUT2D eigenvalue weighted by atomic mass is 32.1.